The molecule has 1 aromatic rings. The summed E-state index contributed by atoms with van der Waals surface area (Å²) in [6.07, 6.45) is -9.35. The minimum Gasteiger partial charge on any atom is -0.235 e. The standard InChI is InChI=1S/C10H12F6N2O2S2/c1-5(9(11,12)13)4-22(19,20)18-6(2)8-17-7(3-21-8)10(14,15)16/h3,5-6,18H,4H2,1-2H3. The lowest BCUT2D eigenvalue weighted by atomic mass is 10.2. The molecule has 0 saturated heterocycles. The van der Waals surface area contributed by atoms with Gasteiger partial charge in [0.2, 0.25) is 10.0 Å². The second kappa shape index (κ2) is 6.32. The van der Waals surface area contributed by atoms with E-state index in [1.54, 1.807) is 0 Å². The monoisotopic (exact) mass is 370 g/mol. The Kier molecular flexibility index (Phi) is 5.50. The number of nitrogens with zero attached hydrogens (tertiary/aromatic N) is 1. The highest BCUT2D eigenvalue weighted by molar-refractivity contribution is 7.89. The molecular weight excluding hydrogens is 358 g/mol. The van der Waals surface area contributed by atoms with Gasteiger partial charge in [0.05, 0.1) is 17.7 Å². The minimum absolute atomic E-state index is 0.185. The number of alkyl halides is 6. The van der Waals surface area contributed by atoms with Gasteiger partial charge in [0.1, 0.15) is 5.01 Å². The Hall–Kier alpha value is -0.880. The summed E-state index contributed by atoms with van der Waals surface area (Å²) in [6.45, 7) is 1.91. The van der Waals surface area contributed by atoms with Gasteiger partial charge in [-0.15, -0.1) is 11.3 Å². The molecule has 1 aromatic heterocycles. The quantitative estimate of drug-likeness (QED) is 0.809. The summed E-state index contributed by atoms with van der Waals surface area (Å²) in [5.74, 6) is -3.31. The first kappa shape index (κ1) is 19.2. The van der Waals surface area contributed by atoms with E-state index in [2.05, 4.69) is 4.98 Å². The van der Waals surface area contributed by atoms with E-state index in [0.29, 0.717) is 23.6 Å². The zero-order valence-electron chi connectivity index (χ0n) is 11.3. The third-order valence-corrected chi connectivity index (χ3v) is 5.25. The summed E-state index contributed by atoms with van der Waals surface area (Å²) in [6, 6.07) is -1.16. The predicted molar refractivity (Wildman–Crippen MR) is 67.7 cm³/mol. The van der Waals surface area contributed by atoms with E-state index in [1.807, 2.05) is 4.72 Å². The molecule has 0 fully saturated rings. The molecule has 0 spiro atoms. The highest BCUT2D eigenvalue weighted by Crippen LogP contribution is 2.32. The van der Waals surface area contributed by atoms with Gasteiger partial charge in [-0.05, 0) is 6.92 Å². The molecule has 4 nitrogen and oxygen atoms in total. The summed E-state index contributed by atoms with van der Waals surface area (Å²) in [5.41, 5.74) is -1.18. The summed E-state index contributed by atoms with van der Waals surface area (Å²) < 4.78 is 99.3. The topological polar surface area (TPSA) is 59.1 Å². The molecule has 1 rings (SSSR count). The van der Waals surface area contributed by atoms with E-state index in [0.717, 1.165) is 0 Å². The van der Waals surface area contributed by atoms with E-state index in [9.17, 15) is 34.8 Å². The fraction of sp³-hybridized carbons (Fsp3) is 0.700. The van der Waals surface area contributed by atoms with Crippen LogP contribution in [0.1, 0.15) is 30.6 Å². The largest absolute Gasteiger partial charge is 0.434 e. The molecule has 0 amide bonds. The molecule has 1 heterocycles. The predicted octanol–water partition coefficient (Wildman–Crippen LogP) is 3.34. The molecule has 22 heavy (non-hydrogen) atoms. The van der Waals surface area contributed by atoms with Crippen LogP contribution in [0, 0.1) is 5.92 Å². The molecule has 12 heteroatoms. The van der Waals surface area contributed by atoms with Gasteiger partial charge in [-0.3, -0.25) is 0 Å². The van der Waals surface area contributed by atoms with Crippen LogP contribution < -0.4 is 4.72 Å². The van der Waals surface area contributed by atoms with E-state index in [4.69, 9.17) is 0 Å². The van der Waals surface area contributed by atoms with Gasteiger partial charge in [0, 0.05) is 5.38 Å². The first-order valence-electron chi connectivity index (χ1n) is 5.81. The van der Waals surface area contributed by atoms with Crippen molar-refractivity contribution in [2.45, 2.75) is 32.2 Å². The number of hydrogen-bond acceptors (Lipinski definition) is 4. The number of hydrogen-bond donors (Lipinski definition) is 1. The molecule has 0 aliphatic carbocycles. The van der Waals surface area contributed by atoms with Gasteiger partial charge in [0.15, 0.2) is 5.69 Å². The Morgan fingerprint density at radius 3 is 2.18 bits per heavy atom. The van der Waals surface area contributed by atoms with E-state index in [1.165, 1.54) is 6.92 Å². The molecule has 0 bridgehead atoms. The van der Waals surface area contributed by atoms with Crippen LogP contribution in [0.15, 0.2) is 5.38 Å². The Bertz CT molecular complexity index is 608. The van der Waals surface area contributed by atoms with E-state index >= 15 is 0 Å². The lowest BCUT2D eigenvalue weighted by Gasteiger charge is -2.17. The number of halogens is 6. The Morgan fingerprint density at radius 1 is 1.23 bits per heavy atom. The number of nitrogens with one attached hydrogen (secondary N) is 1. The van der Waals surface area contributed by atoms with Gasteiger partial charge in [-0.1, -0.05) is 6.92 Å². The SMILES string of the molecule is CC(NS(=O)(=O)CC(C)C(F)(F)F)c1nc(C(F)(F)F)cs1. The number of sulfonamides is 1. The molecule has 0 radical (unpaired) electrons. The van der Waals surface area contributed by atoms with Crippen molar-refractivity contribution in [2.75, 3.05) is 5.75 Å². The molecule has 0 aromatic carbocycles. The van der Waals surface area contributed by atoms with Crippen molar-refractivity contribution in [1.29, 1.82) is 0 Å². The molecular formula is C10H12F6N2O2S2. The maximum absolute atomic E-state index is 12.4. The summed E-state index contributed by atoms with van der Waals surface area (Å²) in [4.78, 5) is 3.24. The van der Waals surface area contributed by atoms with Crippen LogP contribution in [0.3, 0.4) is 0 Å². The average molecular weight is 370 g/mol. The summed E-state index contributed by atoms with van der Waals surface area (Å²) in [7, 11) is -4.32. The van der Waals surface area contributed by atoms with E-state index < -0.39 is 45.8 Å². The highest BCUT2D eigenvalue weighted by atomic mass is 32.2. The Balaban J connectivity index is 2.79. The third-order valence-electron chi connectivity index (χ3n) is 2.57. The van der Waals surface area contributed by atoms with Crippen LogP contribution in [-0.2, 0) is 16.2 Å². The van der Waals surface area contributed by atoms with Gasteiger partial charge >= 0.3 is 12.4 Å². The number of thiazole rings is 1. The average Bonchev–Trinajstić information content (AvgIpc) is 2.74. The van der Waals surface area contributed by atoms with E-state index in [-0.39, 0.29) is 5.01 Å². The van der Waals surface area contributed by atoms with Crippen molar-refractivity contribution >= 4 is 21.4 Å². The van der Waals surface area contributed by atoms with Crippen molar-refractivity contribution in [3.05, 3.63) is 16.1 Å². The molecule has 0 saturated carbocycles. The van der Waals surface area contributed by atoms with Crippen LogP contribution in [-0.4, -0.2) is 25.3 Å². The zero-order chi connectivity index (χ0) is 17.3. The lowest BCUT2D eigenvalue weighted by molar-refractivity contribution is -0.163. The van der Waals surface area contributed by atoms with Crippen molar-refractivity contribution in [3.63, 3.8) is 0 Å². The molecule has 0 aliphatic rings. The van der Waals surface area contributed by atoms with Crippen LogP contribution >= 0.6 is 11.3 Å². The molecule has 2 unspecified atom stereocenters. The first-order valence-corrected chi connectivity index (χ1v) is 8.35. The number of rotatable bonds is 5. The van der Waals surface area contributed by atoms with Crippen molar-refractivity contribution in [3.8, 4) is 0 Å². The third kappa shape index (κ3) is 5.39. The van der Waals surface area contributed by atoms with Crippen molar-refractivity contribution in [2.24, 2.45) is 5.92 Å². The summed E-state index contributed by atoms with van der Waals surface area (Å²) >= 11 is 0.569. The normalized spacial score (nSPS) is 16.5. The van der Waals surface area contributed by atoms with Crippen LogP contribution in [0.4, 0.5) is 26.3 Å². The molecule has 0 aliphatic heterocycles. The fourth-order valence-electron chi connectivity index (χ4n) is 1.41. The summed E-state index contributed by atoms with van der Waals surface area (Å²) in [5, 5.41) is 0.522. The Labute approximate surface area is 126 Å². The lowest BCUT2D eigenvalue weighted by Crippen LogP contribution is -2.35. The maximum Gasteiger partial charge on any atom is 0.434 e. The second-order valence-electron chi connectivity index (χ2n) is 4.63. The molecule has 1 N–H and O–H groups in total. The van der Waals surface area contributed by atoms with Gasteiger partial charge in [-0.25, -0.2) is 18.1 Å². The smallest absolute Gasteiger partial charge is 0.235 e. The molecule has 2 atom stereocenters. The number of aromatic nitrogens is 1. The van der Waals surface area contributed by atoms with Crippen LogP contribution in [0.25, 0.3) is 0 Å². The highest BCUT2D eigenvalue weighted by Gasteiger charge is 2.39. The maximum atomic E-state index is 12.4. The van der Waals surface area contributed by atoms with Crippen molar-refractivity contribution < 1.29 is 34.8 Å². The van der Waals surface area contributed by atoms with Gasteiger partial charge < -0.3 is 0 Å². The van der Waals surface area contributed by atoms with Gasteiger partial charge in [0.25, 0.3) is 0 Å². The second-order valence-corrected chi connectivity index (χ2v) is 7.32. The zero-order valence-corrected chi connectivity index (χ0v) is 12.9. The first-order chi connectivity index (χ1) is 9.72. The van der Waals surface area contributed by atoms with Crippen LogP contribution in [0.2, 0.25) is 0 Å². The Morgan fingerprint density at radius 2 is 1.77 bits per heavy atom. The van der Waals surface area contributed by atoms with Gasteiger partial charge in [-0.2, -0.15) is 26.3 Å². The van der Waals surface area contributed by atoms with Crippen LogP contribution in [0.5, 0.6) is 0 Å². The minimum atomic E-state index is -4.68. The fourth-order valence-corrected chi connectivity index (χ4v) is 3.91. The molecule has 128 valence electrons. The van der Waals surface area contributed by atoms with Crippen molar-refractivity contribution in [1.82, 2.24) is 9.71 Å².